The van der Waals surface area contributed by atoms with Gasteiger partial charge in [0, 0.05) is 10.6 Å². The molecule has 2 aromatic rings. The number of ether oxygens (including phenoxy) is 1. The molecule has 1 N–H and O–H groups in total. The summed E-state index contributed by atoms with van der Waals surface area (Å²) < 4.78 is 5.07. The number of rotatable bonds is 8. The first-order valence-electron chi connectivity index (χ1n) is 9.14. The van der Waals surface area contributed by atoms with Crippen LogP contribution >= 0.6 is 11.8 Å². The predicted molar refractivity (Wildman–Crippen MR) is 111 cm³/mol. The van der Waals surface area contributed by atoms with Crippen molar-refractivity contribution in [3.63, 3.8) is 0 Å². The van der Waals surface area contributed by atoms with Crippen molar-refractivity contribution < 1.29 is 14.3 Å². The summed E-state index contributed by atoms with van der Waals surface area (Å²) in [6.07, 6.45) is 1.07. The quantitative estimate of drug-likeness (QED) is 0.508. The Morgan fingerprint density at radius 2 is 1.81 bits per heavy atom. The van der Waals surface area contributed by atoms with E-state index in [1.165, 1.54) is 22.9 Å². The fraction of sp³-hybridized carbons (Fsp3) is 0.364. The first-order chi connectivity index (χ1) is 12.9. The summed E-state index contributed by atoms with van der Waals surface area (Å²) in [5.41, 5.74) is 4.26. The maximum atomic E-state index is 12.0. The normalized spacial score (nSPS) is 11.7. The van der Waals surface area contributed by atoms with Gasteiger partial charge in [0.05, 0.1) is 5.75 Å². The van der Waals surface area contributed by atoms with Gasteiger partial charge in [0.15, 0.2) is 6.61 Å². The Bertz CT molecular complexity index is 787. The third kappa shape index (κ3) is 6.75. The van der Waals surface area contributed by atoms with Crippen LogP contribution in [0, 0.1) is 13.8 Å². The number of benzene rings is 2. The highest BCUT2D eigenvalue weighted by Crippen LogP contribution is 2.23. The molecule has 27 heavy (non-hydrogen) atoms. The number of aryl methyl sites for hydroxylation is 2. The Morgan fingerprint density at radius 3 is 2.44 bits per heavy atom. The Labute approximate surface area is 165 Å². The van der Waals surface area contributed by atoms with E-state index >= 15 is 0 Å². The molecule has 0 aliphatic rings. The highest BCUT2D eigenvalue weighted by molar-refractivity contribution is 8.00. The topological polar surface area (TPSA) is 55.4 Å². The first kappa shape index (κ1) is 21.0. The molecule has 0 saturated heterocycles. The summed E-state index contributed by atoms with van der Waals surface area (Å²) in [5, 5.41) is 2.75. The van der Waals surface area contributed by atoms with Crippen molar-refractivity contribution in [3.8, 4) is 0 Å². The Balaban J connectivity index is 1.75. The van der Waals surface area contributed by atoms with E-state index < -0.39 is 5.97 Å². The second-order valence-corrected chi connectivity index (χ2v) is 7.71. The summed E-state index contributed by atoms with van der Waals surface area (Å²) in [6.45, 7) is 8.09. The molecule has 5 heteroatoms. The molecule has 144 valence electrons. The van der Waals surface area contributed by atoms with Gasteiger partial charge >= 0.3 is 5.97 Å². The van der Waals surface area contributed by atoms with Crippen molar-refractivity contribution >= 4 is 29.3 Å². The van der Waals surface area contributed by atoms with Gasteiger partial charge in [-0.1, -0.05) is 43.7 Å². The first-order valence-corrected chi connectivity index (χ1v) is 10.1. The van der Waals surface area contributed by atoms with E-state index in [2.05, 4.69) is 25.2 Å². The van der Waals surface area contributed by atoms with Crippen LogP contribution in [0.15, 0.2) is 47.4 Å². The predicted octanol–water partition coefficient (Wildman–Crippen LogP) is 5.09. The molecule has 0 radical (unpaired) electrons. The lowest BCUT2D eigenvalue weighted by Crippen LogP contribution is -2.21. The van der Waals surface area contributed by atoms with E-state index in [-0.39, 0.29) is 18.3 Å². The zero-order chi connectivity index (χ0) is 19.8. The maximum absolute atomic E-state index is 12.0. The van der Waals surface area contributed by atoms with Crippen LogP contribution in [-0.2, 0) is 14.3 Å². The molecule has 1 amide bonds. The largest absolute Gasteiger partial charge is 0.455 e. The number of anilines is 1. The Morgan fingerprint density at radius 1 is 1.11 bits per heavy atom. The zero-order valence-corrected chi connectivity index (χ0v) is 17.2. The van der Waals surface area contributed by atoms with Gasteiger partial charge in [-0.05, 0) is 55.5 Å². The second-order valence-electron chi connectivity index (χ2n) is 6.70. The van der Waals surface area contributed by atoms with E-state index in [0.29, 0.717) is 11.6 Å². The van der Waals surface area contributed by atoms with E-state index in [1.54, 1.807) is 0 Å². The van der Waals surface area contributed by atoms with Crippen LogP contribution in [-0.4, -0.2) is 24.2 Å². The number of hydrogen-bond acceptors (Lipinski definition) is 4. The van der Waals surface area contributed by atoms with Gasteiger partial charge in [-0.15, -0.1) is 11.8 Å². The molecule has 1 atom stereocenters. The van der Waals surface area contributed by atoms with Crippen molar-refractivity contribution in [1.82, 2.24) is 0 Å². The highest BCUT2D eigenvalue weighted by Gasteiger charge is 2.10. The van der Waals surface area contributed by atoms with Crippen LogP contribution in [0.1, 0.15) is 42.9 Å². The third-order valence-electron chi connectivity index (χ3n) is 4.42. The minimum atomic E-state index is -0.401. The van der Waals surface area contributed by atoms with Gasteiger partial charge in [0.1, 0.15) is 0 Å². The van der Waals surface area contributed by atoms with Gasteiger partial charge in [-0.3, -0.25) is 9.59 Å². The van der Waals surface area contributed by atoms with Crippen molar-refractivity contribution in [3.05, 3.63) is 59.2 Å². The van der Waals surface area contributed by atoms with E-state index in [4.69, 9.17) is 4.74 Å². The zero-order valence-electron chi connectivity index (χ0n) is 16.4. The average molecular weight is 386 g/mol. The van der Waals surface area contributed by atoms with Crippen molar-refractivity contribution in [2.45, 2.75) is 44.9 Å². The molecule has 0 fully saturated rings. The van der Waals surface area contributed by atoms with Crippen LogP contribution in [0.2, 0.25) is 0 Å². The molecule has 0 bridgehead atoms. The second kappa shape index (κ2) is 10.2. The van der Waals surface area contributed by atoms with E-state index in [9.17, 15) is 9.59 Å². The number of carbonyl (C=O) groups is 2. The maximum Gasteiger partial charge on any atom is 0.316 e. The minimum absolute atomic E-state index is 0.181. The number of thioether (sulfide) groups is 1. The van der Waals surface area contributed by atoms with Crippen LogP contribution in [0.3, 0.4) is 0 Å². The standard InChI is InChI=1S/C22H27NO3S/c1-5-16(3)18-7-9-19(10-8-18)23-21(24)13-26-22(25)14-27-20-11-6-15(2)12-17(20)4/h6-12,16H,5,13-14H2,1-4H3,(H,23,24)/t16-/m1/s1. The van der Waals surface area contributed by atoms with Crippen molar-refractivity contribution in [2.24, 2.45) is 0 Å². The SMILES string of the molecule is CC[C@@H](C)c1ccc(NC(=O)COC(=O)CSc2ccc(C)cc2C)cc1. The monoisotopic (exact) mass is 385 g/mol. The highest BCUT2D eigenvalue weighted by atomic mass is 32.2. The summed E-state index contributed by atoms with van der Waals surface area (Å²) >= 11 is 1.42. The molecular formula is C22H27NO3S. The van der Waals surface area contributed by atoms with Crippen molar-refractivity contribution in [2.75, 3.05) is 17.7 Å². The minimum Gasteiger partial charge on any atom is -0.455 e. The smallest absolute Gasteiger partial charge is 0.316 e. The molecule has 4 nitrogen and oxygen atoms in total. The molecule has 0 unspecified atom stereocenters. The Kier molecular flexibility index (Phi) is 7.92. The lowest BCUT2D eigenvalue weighted by Gasteiger charge is -2.11. The summed E-state index contributed by atoms with van der Waals surface area (Å²) in [6, 6.07) is 13.9. The third-order valence-corrected chi connectivity index (χ3v) is 5.57. The van der Waals surface area contributed by atoms with Gasteiger partial charge < -0.3 is 10.1 Å². The summed E-state index contributed by atoms with van der Waals surface area (Å²) in [7, 11) is 0. The average Bonchev–Trinajstić information content (AvgIpc) is 2.65. The molecule has 2 rings (SSSR count). The van der Waals surface area contributed by atoms with Crippen LogP contribution in [0.4, 0.5) is 5.69 Å². The number of amides is 1. The fourth-order valence-corrected chi connectivity index (χ4v) is 3.42. The number of hydrogen-bond donors (Lipinski definition) is 1. The molecule has 0 aliphatic heterocycles. The molecule has 0 spiro atoms. The van der Waals surface area contributed by atoms with Crippen LogP contribution in [0.5, 0.6) is 0 Å². The summed E-state index contributed by atoms with van der Waals surface area (Å²) in [5.74, 6) is -0.0652. The van der Waals surface area contributed by atoms with Gasteiger partial charge in [0.25, 0.3) is 5.91 Å². The van der Waals surface area contributed by atoms with Gasteiger partial charge in [-0.2, -0.15) is 0 Å². The number of carbonyl (C=O) groups excluding carboxylic acids is 2. The lowest BCUT2D eigenvalue weighted by atomic mass is 9.99. The molecule has 0 heterocycles. The van der Waals surface area contributed by atoms with Gasteiger partial charge in [-0.25, -0.2) is 0 Å². The fourth-order valence-electron chi connectivity index (χ4n) is 2.61. The Hall–Kier alpha value is -2.27. The number of esters is 1. The van der Waals surface area contributed by atoms with E-state index in [1.807, 2.05) is 50.2 Å². The summed E-state index contributed by atoms with van der Waals surface area (Å²) in [4.78, 5) is 24.9. The van der Waals surface area contributed by atoms with Crippen LogP contribution < -0.4 is 5.32 Å². The lowest BCUT2D eigenvalue weighted by molar-refractivity contribution is -0.144. The van der Waals surface area contributed by atoms with Gasteiger partial charge in [0.2, 0.25) is 0 Å². The van der Waals surface area contributed by atoms with Crippen molar-refractivity contribution in [1.29, 1.82) is 0 Å². The molecule has 0 saturated carbocycles. The molecule has 2 aromatic carbocycles. The molecule has 0 aliphatic carbocycles. The van der Waals surface area contributed by atoms with Crippen LogP contribution in [0.25, 0.3) is 0 Å². The number of nitrogens with one attached hydrogen (secondary N) is 1. The molecular weight excluding hydrogens is 358 g/mol. The molecule has 0 aromatic heterocycles. The van der Waals surface area contributed by atoms with E-state index in [0.717, 1.165) is 16.9 Å².